The zero-order valence-corrected chi connectivity index (χ0v) is 13.1. The molecule has 2 aliphatic rings. The van der Waals surface area contributed by atoms with Crippen LogP contribution in [0.25, 0.3) is 0 Å². The highest BCUT2D eigenvalue weighted by Gasteiger charge is 2.35. The van der Waals surface area contributed by atoms with E-state index in [0.29, 0.717) is 25.6 Å². The fourth-order valence-corrected chi connectivity index (χ4v) is 4.01. The van der Waals surface area contributed by atoms with E-state index in [-0.39, 0.29) is 12.3 Å². The lowest BCUT2D eigenvalue weighted by Gasteiger charge is -2.21. The fourth-order valence-electron chi connectivity index (χ4n) is 3.22. The van der Waals surface area contributed by atoms with Crippen molar-refractivity contribution in [2.45, 2.75) is 12.8 Å². The first kappa shape index (κ1) is 16.6. The van der Waals surface area contributed by atoms with Gasteiger partial charge in [0.05, 0.1) is 12.4 Å². The number of hydrogen-bond acceptors (Lipinski definition) is 5. The summed E-state index contributed by atoms with van der Waals surface area (Å²) < 4.78 is 39.1. The highest BCUT2D eigenvalue weighted by Crippen LogP contribution is 2.24. The smallest absolute Gasteiger partial charge is 0.302 e. The van der Waals surface area contributed by atoms with Gasteiger partial charge in [0.25, 0.3) is 0 Å². The highest BCUT2D eigenvalue weighted by atomic mass is 32.3. The van der Waals surface area contributed by atoms with E-state index < -0.39 is 21.9 Å². The van der Waals surface area contributed by atoms with Crippen LogP contribution in [0.3, 0.4) is 0 Å². The molecule has 0 radical (unpaired) electrons. The maximum Gasteiger partial charge on any atom is 0.302 e. The van der Waals surface area contributed by atoms with Crippen LogP contribution >= 0.6 is 0 Å². The molecular formula is C13H23FN2O4S. The number of amides is 1. The number of hydrogen-bond donors (Lipinski definition) is 0. The summed E-state index contributed by atoms with van der Waals surface area (Å²) in [5.41, 5.74) is 0. The Kier molecular flexibility index (Phi) is 5.56. The molecule has 122 valence electrons. The lowest BCUT2D eigenvalue weighted by atomic mass is 10.1. The summed E-state index contributed by atoms with van der Waals surface area (Å²) in [5, 5.41) is 0. The zero-order chi connectivity index (χ0) is 15.5. The summed E-state index contributed by atoms with van der Waals surface area (Å²) in [6.07, 6.45) is 1.17. The summed E-state index contributed by atoms with van der Waals surface area (Å²) in [7, 11) is -2.83. The van der Waals surface area contributed by atoms with E-state index in [4.69, 9.17) is 4.74 Å². The van der Waals surface area contributed by atoms with E-state index in [0.717, 1.165) is 26.1 Å². The number of nitrogens with zero attached hydrogens (tertiary/aromatic N) is 2. The average molecular weight is 322 g/mol. The van der Waals surface area contributed by atoms with Crippen LogP contribution in [0.4, 0.5) is 3.89 Å². The van der Waals surface area contributed by atoms with E-state index in [2.05, 4.69) is 4.90 Å². The Labute approximate surface area is 125 Å². The van der Waals surface area contributed by atoms with Gasteiger partial charge in [0.2, 0.25) is 5.91 Å². The second-order valence-electron chi connectivity index (χ2n) is 6.02. The van der Waals surface area contributed by atoms with Crippen molar-refractivity contribution in [2.24, 2.45) is 11.8 Å². The van der Waals surface area contributed by atoms with Crippen molar-refractivity contribution in [3.63, 3.8) is 0 Å². The number of halogens is 1. The van der Waals surface area contributed by atoms with Crippen molar-refractivity contribution in [2.75, 3.05) is 52.2 Å². The van der Waals surface area contributed by atoms with Gasteiger partial charge in [-0.25, -0.2) is 0 Å². The molecule has 8 heteroatoms. The predicted octanol–water partition coefficient (Wildman–Crippen LogP) is 0.103. The second-order valence-corrected chi connectivity index (χ2v) is 7.43. The minimum absolute atomic E-state index is 0.0565. The van der Waals surface area contributed by atoms with Gasteiger partial charge in [-0.2, -0.15) is 8.42 Å². The van der Waals surface area contributed by atoms with Gasteiger partial charge in [-0.05, 0) is 18.9 Å². The maximum absolute atomic E-state index is 12.7. The van der Waals surface area contributed by atoms with Crippen LogP contribution in [-0.4, -0.2) is 76.3 Å². The Morgan fingerprint density at radius 3 is 2.76 bits per heavy atom. The number of carbonyl (C=O) groups excluding carboxylic acids is 1. The van der Waals surface area contributed by atoms with E-state index in [9.17, 15) is 17.1 Å². The highest BCUT2D eigenvalue weighted by molar-refractivity contribution is 7.86. The molecule has 0 spiro atoms. The topological polar surface area (TPSA) is 66.9 Å². The van der Waals surface area contributed by atoms with Gasteiger partial charge in [0.15, 0.2) is 0 Å². The average Bonchev–Trinajstić information content (AvgIpc) is 2.93. The fraction of sp³-hybridized carbons (Fsp3) is 0.923. The standard InChI is InChI=1S/C13H23FN2O4S/c1-20-5-4-15-3-2-11(7-15)8-16-9-12(6-13(16)17)10-21(14,18)19/h11-12H,2-10H2,1H3. The third kappa shape index (κ3) is 5.19. The molecule has 2 heterocycles. The van der Waals surface area contributed by atoms with E-state index in [1.807, 2.05) is 0 Å². The molecule has 0 aromatic heterocycles. The lowest BCUT2D eigenvalue weighted by Crippen LogP contribution is -2.33. The molecule has 2 fully saturated rings. The molecule has 2 atom stereocenters. The number of likely N-dealkylation sites (tertiary alicyclic amines) is 2. The van der Waals surface area contributed by atoms with E-state index in [1.165, 1.54) is 0 Å². The molecule has 0 aromatic carbocycles. The zero-order valence-electron chi connectivity index (χ0n) is 12.3. The van der Waals surface area contributed by atoms with Gasteiger partial charge in [-0.15, -0.1) is 3.89 Å². The number of rotatable bonds is 7. The monoisotopic (exact) mass is 322 g/mol. The van der Waals surface area contributed by atoms with Crippen molar-refractivity contribution >= 4 is 16.1 Å². The van der Waals surface area contributed by atoms with Gasteiger partial charge in [-0.3, -0.25) is 4.79 Å². The van der Waals surface area contributed by atoms with Crippen LogP contribution in [0.1, 0.15) is 12.8 Å². The Balaban J connectivity index is 1.77. The van der Waals surface area contributed by atoms with Crippen molar-refractivity contribution in [1.82, 2.24) is 9.80 Å². The molecule has 2 rings (SSSR count). The van der Waals surface area contributed by atoms with Crippen LogP contribution in [-0.2, 0) is 19.8 Å². The van der Waals surface area contributed by atoms with Crippen molar-refractivity contribution in [3.8, 4) is 0 Å². The quantitative estimate of drug-likeness (QED) is 0.622. The summed E-state index contributed by atoms with van der Waals surface area (Å²) in [6, 6.07) is 0. The third-order valence-electron chi connectivity index (χ3n) is 4.19. The van der Waals surface area contributed by atoms with Gasteiger partial charge >= 0.3 is 10.2 Å². The molecule has 0 bridgehead atoms. The molecule has 1 amide bonds. The first-order valence-electron chi connectivity index (χ1n) is 7.29. The molecule has 0 aliphatic carbocycles. The van der Waals surface area contributed by atoms with Gasteiger partial charge < -0.3 is 14.5 Å². The Morgan fingerprint density at radius 2 is 2.10 bits per heavy atom. The van der Waals surface area contributed by atoms with Crippen molar-refractivity contribution in [3.05, 3.63) is 0 Å². The summed E-state index contributed by atoms with van der Waals surface area (Å²) >= 11 is 0. The summed E-state index contributed by atoms with van der Waals surface area (Å²) in [6.45, 7) is 4.52. The van der Waals surface area contributed by atoms with Crippen LogP contribution in [0.5, 0.6) is 0 Å². The number of methoxy groups -OCH3 is 1. The largest absolute Gasteiger partial charge is 0.383 e. The second kappa shape index (κ2) is 7.02. The van der Waals surface area contributed by atoms with Crippen LogP contribution in [0.15, 0.2) is 0 Å². The van der Waals surface area contributed by atoms with Crippen LogP contribution in [0.2, 0.25) is 0 Å². The number of carbonyl (C=O) groups is 1. The SMILES string of the molecule is COCCN1CCC(CN2CC(CS(=O)(=O)F)CC2=O)C1. The summed E-state index contributed by atoms with van der Waals surface area (Å²) in [4.78, 5) is 15.9. The van der Waals surface area contributed by atoms with Gasteiger partial charge in [-0.1, -0.05) is 0 Å². The lowest BCUT2D eigenvalue weighted by molar-refractivity contribution is -0.128. The van der Waals surface area contributed by atoms with Crippen molar-refractivity contribution in [1.29, 1.82) is 0 Å². The molecule has 0 saturated carbocycles. The third-order valence-corrected chi connectivity index (χ3v) is 5.06. The van der Waals surface area contributed by atoms with Crippen LogP contribution in [0, 0.1) is 11.8 Å². The Morgan fingerprint density at radius 1 is 1.33 bits per heavy atom. The molecule has 2 aliphatic heterocycles. The Hall–Kier alpha value is -0.730. The molecule has 2 unspecified atom stereocenters. The Bertz CT molecular complexity index is 471. The number of ether oxygens (including phenoxy) is 1. The van der Waals surface area contributed by atoms with Crippen LogP contribution < -0.4 is 0 Å². The normalized spacial score (nSPS) is 27.7. The molecule has 2 saturated heterocycles. The van der Waals surface area contributed by atoms with E-state index in [1.54, 1.807) is 12.0 Å². The minimum Gasteiger partial charge on any atom is -0.383 e. The molecule has 21 heavy (non-hydrogen) atoms. The van der Waals surface area contributed by atoms with E-state index >= 15 is 0 Å². The molecule has 0 N–H and O–H groups in total. The summed E-state index contributed by atoms with van der Waals surface area (Å²) in [5.74, 6) is -0.594. The first-order valence-corrected chi connectivity index (χ1v) is 8.84. The molecule has 6 nitrogen and oxygen atoms in total. The molecule has 0 aromatic rings. The van der Waals surface area contributed by atoms with Crippen molar-refractivity contribution < 1.29 is 21.8 Å². The molecular weight excluding hydrogens is 299 g/mol. The van der Waals surface area contributed by atoms with Gasteiger partial charge in [0.1, 0.15) is 0 Å². The van der Waals surface area contributed by atoms with Gasteiger partial charge in [0, 0.05) is 45.6 Å². The predicted molar refractivity (Wildman–Crippen MR) is 76.0 cm³/mol. The maximum atomic E-state index is 12.7. The minimum atomic E-state index is -4.50. The first-order chi connectivity index (χ1) is 9.87.